The van der Waals surface area contributed by atoms with Crippen molar-refractivity contribution in [3.63, 3.8) is 0 Å². The van der Waals surface area contributed by atoms with Crippen LogP contribution in [0.5, 0.6) is 0 Å². The number of likely N-dealkylation sites (tertiary alicyclic amines) is 1. The molecule has 1 heterocycles. The fourth-order valence-electron chi connectivity index (χ4n) is 5.96. The van der Waals surface area contributed by atoms with Gasteiger partial charge in [0, 0.05) is 12.5 Å². The van der Waals surface area contributed by atoms with E-state index in [4.69, 9.17) is 18.9 Å². The molecule has 0 N–H and O–H groups in total. The van der Waals surface area contributed by atoms with E-state index in [-0.39, 0.29) is 25.8 Å². The predicted molar refractivity (Wildman–Crippen MR) is 173 cm³/mol. The second-order valence-corrected chi connectivity index (χ2v) is 12.5. The standard InChI is InChI=1S/C36H61NO6/c1-5-8-10-12-13-15-18-31(17-14-11-9-6-2)25-40-29-35(38)41-27-33-21-30(4)22-34(23-33)28-43-36(39)42-26-32-19-16-20-37(7-3)24-32/h21-23,31-32H,5-20,24-29H2,1-4H3. The van der Waals surface area contributed by atoms with E-state index >= 15 is 0 Å². The lowest BCUT2D eigenvalue weighted by atomic mass is 9.95. The quantitative estimate of drug-likeness (QED) is 0.0914. The molecule has 1 fully saturated rings. The molecule has 2 unspecified atom stereocenters. The van der Waals surface area contributed by atoms with Gasteiger partial charge in [0.25, 0.3) is 0 Å². The first kappa shape index (κ1) is 37.1. The Hall–Kier alpha value is -2.12. The first-order chi connectivity index (χ1) is 20.9. The van der Waals surface area contributed by atoms with Gasteiger partial charge in [-0.25, -0.2) is 9.59 Å². The van der Waals surface area contributed by atoms with Gasteiger partial charge in [0.2, 0.25) is 0 Å². The topological polar surface area (TPSA) is 74.3 Å². The van der Waals surface area contributed by atoms with Crippen LogP contribution in [-0.2, 0) is 37.0 Å². The Morgan fingerprint density at radius 3 is 2.14 bits per heavy atom. The van der Waals surface area contributed by atoms with Crippen molar-refractivity contribution in [2.45, 2.75) is 131 Å². The van der Waals surface area contributed by atoms with Crippen LogP contribution < -0.4 is 0 Å². The number of aryl methyl sites for hydroxylation is 1. The maximum absolute atomic E-state index is 12.4. The lowest BCUT2D eigenvalue weighted by Gasteiger charge is -2.31. The first-order valence-electron chi connectivity index (χ1n) is 17.3. The normalized spacial score (nSPS) is 16.1. The van der Waals surface area contributed by atoms with Gasteiger partial charge in [-0.2, -0.15) is 0 Å². The second kappa shape index (κ2) is 23.3. The van der Waals surface area contributed by atoms with Crippen molar-refractivity contribution >= 4 is 12.1 Å². The van der Waals surface area contributed by atoms with Crippen LogP contribution in [0.1, 0.15) is 127 Å². The van der Waals surface area contributed by atoms with E-state index in [0.717, 1.165) is 49.2 Å². The van der Waals surface area contributed by atoms with Crippen LogP contribution in [-0.4, -0.2) is 56.5 Å². The van der Waals surface area contributed by atoms with Crippen molar-refractivity contribution in [2.75, 3.05) is 39.5 Å². The largest absolute Gasteiger partial charge is 0.508 e. The van der Waals surface area contributed by atoms with E-state index in [2.05, 4.69) is 25.7 Å². The highest BCUT2D eigenvalue weighted by molar-refractivity contribution is 5.70. The number of carbonyl (C=O) groups is 2. The van der Waals surface area contributed by atoms with E-state index in [1.807, 2.05) is 25.1 Å². The number of hydrogen-bond acceptors (Lipinski definition) is 7. The maximum atomic E-state index is 12.4. The van der Waals surface area contributed by atoms with Gasteiger partial charge >= 0.3 is 12.1 Å². The summed E-state index contributed by atoms with van der Waals surface area (Å²) < 4.78 is 22.1. The Balaban J connectivity index is 1.69. The van der Waals surface area contributed by atoms with Crippen LogP contribution in [0.15, 0.2) is 18.2 Å². The van der Waals surface area contributed by atoms with Gasteiger partial charge in [0.1, 0.15) is 19.8 Å². The molecule has 0 aromatic heterocycles. The first-order valence-corrected chi connectivity index (χ1v) is 17.3. The molecular formula is C36H61NO6. The average molecular weight is 604 g/mol. The van der Waals surface area contributed by atoms with Crippen LogP contribution in [0.4, 0.5) is 4.79 Å². The number of piperidine rings is 1. The summed E-state index contributed by atoms with van der Waals surface area (Å²) >= 11 is 0. The highest BCUT2D eigenvalue weighted by Crippen LogP contribution is 2.20. The summed E-state index contributed by atoms with van der Waals surface area (Å²) in [5.74, 6) is 0.523. The summed E-state index contributed by atoms with van der Waals surface area (Å²) in [6, 6.07) is 5.85. The number of carbonyl (C=O) groups excluding carboxylic acids is 2. The van der Waals surface area contributed by atoms with Crippen molar-refractivity contribution in [3.05, 3.63) is 34.9 Å². The Morgan fingerprint density at radius 2 is 1.47 bits per heavy atom. The molecule has 1 aromatic carbocycles. The zero-order chi connectivity index (χ0) is 31.1. The summed E-state index contributed by atoms with van der Waals surface area (Å²) in [7, 11) is 0. The van der Waals surface area contributed by atoms with Crippen LogP contribution >= 0.6 is 0 Å². The molecule has 246 valence electrons. The van der Waals surface area contributed by atoms with E-state index in [9.17, 15) is 9.59 Å². The van der Waals surface area contributed by atoms with Gasteiger partial charge in [-0.05, 0) is 68.8 Å². The minimum atomic E-state index is -0.639. The third kappa shape index (κ3) is 17.7. The summed E-state index contributed by atoms with van der Waals surface area (Å²) in [5.41, 5.74) is 2.72. The highest BCUT2D eigenvalue weighted by atomic mass is 16.7. The molecule has 7 nitrogen and oxygen atoms in total. The highest BCUT2D eigenvalue weighted by Gasteiger charge is 2.20. The van der Waals surface area contributed by atoms with Crippen molar-refractivity contribution < 1.29 is 28.5 Å². The molecule has 0 radical (unpaired) electrons. The summed E-state index contributed by atoms with van der Waals surface area (Å²) in [5, 5.41) is 0. The third-order valence-electron chi connectivity index (χ3n) is 8.45. The Kier molecular flexibility index (Phi) is 20.1. The molecule has 1 saturated heterocycles. The molecule has 0 amide bonds. The minimum absolute atomic E-state index is 0.0212. The molecule has 7 heteroatoms. The van der Waals surface area contributed by atoms with E-state index in [1.165, 1.54) is 77.0 Å². The SMILES string of the molecule is CCCCCCCCC(CCCCCC)COCC(=O)OCc1cc(C)cc(COC(=O)OCC2CCCN(CC)C2)c1. The molecule has 0 spiro atoms. The van der Waals surface area contributed by atoms with Gasteiger partial charge in [0.15, 0.2) is 0 Å². The molecule has 1 aromatic rings. The lowest BCUT2D eigenvalue weighted by Crippen LogP contribution is -2.37. The monoisotopic (exact) mass is 603 g/mol. The summed E-state index contributed by atoms with van der Waals surface area (Å²) in [4.78, 5) is 27.0. The van der Waals surface area contributed by atoms with Gasteiger partial charge in [0.05, 0.1) is 13.2 Å². The number of hydrogen-bond donors (Lipinski definition) is 0. The predicted octanol–water partition coefficient (Wildman–Crippen LogP) is 8.78. The number of esters is 1. The Morgan fingerprint density at radius 1 is 0.837 bits per heavy atom. The number of unbranched alkanes of at least 4 members (excludes halogenated alkanes) is 8. The minimum Gasteiger partial charge on any atom is -0.459 e. The van der Waals surface area contributed by atoms with Gasteiger partial charge < -0.3 is 23.8 Å². The fourth-order valence-corrected chi connectivity index (χ4v) is 5.96. The van der Waals surface area contributed by atoms with Gasteiger partial charge in [-0.1, -0.05) is 103 Å². The number of nitrogens with zero attached hydrogens (tertiary/aromatic N) is 1. The molecule has 2 rings (SSSR count). The van der Waals surface area contributed by atoms with Crippen molar-refractivity contribution in [1.82, 2.24) is 4.90 Å². The fraction of sp³-hybridized carbons (Fsp3) is 0.778. The maximum Gasteiger partial charge on any atom is 0.508 e. The van der Waals surface area contributed by atoms with E-state index < -0.39 is 6.16 Å². The Labute approximate surface area is 262 Å². The molecule has 0 aliphatic carbocycles. The van der Waals surface area contributed by atoms with Crippen molar-refractivity contribution in [2.24, 2.45) is 11.8 Å². The number of benzene rings is 1. The zero-order valence-electron chi connectivity index (χ0n) is 27.8. The van der Waals surface area contributed by atoms with Crippen LogP contribution in [0.3, 0.4) is 0 Å². The Bertz CT molecular complexity index is 890. The van der Waals surface area contributed by atoms with Gasteiger partial charge in [-0.15, -0.1) is 0 Å². The summed E-state index contributed by atoms with van der Waals surface area (Å²) in [6.07, 6.45) is 16.7. The lowest BCUT2D eigenvalue weighted by molar-refractivity contribution is -0.150. The molecule has 1 aliphatic heterocycles. The van der Waals surface area contributed by atoms with E-state index in [0.29, 0.717) is 25.0 Å². The smallest absolute Gasteiger partial charge is 0.459 e. The second-order valence-electron chi connectivity index (χ2n) is 12.5. The molecule has 2 atom stereocenters. The van der Waals surface area contributed by atoms with Crippen molar-refractivity contribution in [3.8, 4) is 0 Å². The number of rotatable bonds is 23. The zero-order valence-corrected chi connectivity index (χ0v) is 27.8. The molecule has 1 aliphatic rings. The summed E-state index contributed by atoms with van der Waals surface area (Å²) in [6.45, 7) is 13.0. The third-order valence-corrected chi connectivity index (χ3v) is 8.45. The molecule has 0 bridgehead atoms. The molecule has 43 heavy (non-hydrogen) atoms. The van der Waals surface area contributed by atoms with Crippen molar-refractivity contribution in [1.29, 1.82) is 0 Å². The van der Waals surface area contributed by atoms with Crippen LogP contribution in [0, 0.1) is 18.8 Å². The van der Waals surface area contributed by atoms with E-state index in [1.54, 1.807) is 0 Å². The van der Waals surface area contributed by atoms with Gasteiger partial charge in [-0.3, -0.25) is 0 Å². The average Bonchev–Trinajstić information content (AvgIpc) is 3.01. The van der Waals surface area contributed by atoms with Crippen LogP contribution in [0.25, 0.3) is 0 Å². The molecular weight excluding hydrogens is 542 g/mol. The number of ether oxygens (including phenoxy) is 4. The molecule has 0 saturated carbocycles. The van der Waals surface area contributed by atoms with Crippen LogP contribution in [0.2, 0.25) is 0 Å².